The van der Waals surface area contributed by atoms with Crippen molar-refractivity contribution >= 4 is 19.0 Å². The van der Waals surface area contributed by atoms with Crippen molar-refractivity contribution in [2.75, 3.05) is 0 Å². The number of benzene rings is 3. The second-order valence-electron chi connectivity index (χ2n) is 14.8. The summed E-state index contributed by atoms with van der Waals surface area (Å²) in [6.07, 6.45) is 9.06. The Morgan fingerprint density at radius 1 is 0.761 bits per heavy atom. The Hall–Kier alpha value is -4.08. The van der Waals surface area contributed by atoms with Crippen LogP contribution in [0.15, 0.2) is 97.8 Å². The number of rotatable bonds is 3. The van der Waals surface area contributed by atoms with Gasteiger partial charge in [-0.2, -0.15) is 9.13 Å². The molecule has 0 radical (unpaired) electrons. The maximum atomic E-state index is 4.89. The van der Waals surface area contributed by atoms with Gasteiger partial charge >= 0.3 is 0 Å². The van der Waals surface area contributed by atoms with Gasteiger partial charge in [0.2, 0.25) is 11.4 Å². The molecule has 5 aromatic rings. The van der Waals surface area contributed by atoms with Crippen LogP contribution in [-0.4, -0.2) is 8.07 Å². The van der Waals surface area contributed by atoms with Gasteiger partial charge in [0.25, 0.3) is 0 Å². The number of aryl methyl sites for hydroxylation is 5. The minimum Gasteiger partial charge on any atom is -0.194 e. The molecular weight excluding hydrogens is 573 g/mol. The standard InChI is InChI=1S/C43H48N2Si/c1-9-32-25-42-37-17-13-12-16-36(37)38-21-19-33-14-10-11-15-35(33)40-23-30(4)39(34-20-18-28(2)22-29(34)3)26-44(40)31(5)24-41(38)45(42)27-43(32)46(6,7)8/h10-18,20,22-23,25-27,38,41H,5,9,19,21,24H2,1-4,6-8H3/q+2. The van der Waals surface area contributed by atoms with Crippen LogP contribution in [0.5, 0.6) is 0 Å². The fraction of sp³-hybridized carbons (Fsp3) is 0.302. The summed E-state index contributed by atoms with van der Waals surface area (Å²) in [7, 11) is -1.58. The second-order valence-corrected chi connectivity index (χ2v) is 19.8. The van der Waals surface area contributed by atoms with E-state index >= 15 is 0 Å². The Morgan fingerprint density at radius 2 is 1.48 bits per heavy atom. The van der Waals surface area contributed by atoms with Crippen LogP contribution in [0, 0.1) is 20.8 Å². The van der Waals surface area contributed by atoms with Gasteiger partial charge in [-0.3, -0.25) is 0 Å². The van der Waals surface area contributed by atoms with Crippen molar-refractivity contribution in [1.29, 1.82) is 0 Å². The Labute approximate surface area is 277 Å². The van der Waals surface area contributed by atoms with Crippen molar-refractivity contribution in [3.8, 4) is 33.6 Å². The smallest absolute Gasteiger partial charge is 0.194 e. The second kappa shape index (κ2) is 11.6. The van der Waals surface area contributed by atoms with Crippen LogP contribution in [0.2, 0.25) is 19.6 Å². The first kappa shape index (κ1) is 30.6. The van der Waals surface area contributed by atoms with Gasteiger partial charge in [0.05, 0.1) is 14.5 Å². The zero-order valence-electron chi connectivity index (χ0n) is 28.7. The largest absolute Gasteiger partial charge is 0.218 e. The summed E-state index contributed by atoms with van der Waals surface area (Å²) in [5, 5.41) is 1.59. The van der Waals surface area contributed by atoms with E-state index in [4.69, 9.17) is 6.58 Å². The molecule has 2 nitrogen and oxygen atoms in total. The molecule has 0 bridgehead atoms. The molecule has 2 aliphatic rings. The average Bonchev–Trinajstić information content (AvgIpc) is 3.03. The molecule has 2 atom stereocenters. The summed E-state index contributed by atoms with van der Waals surface area (Å²) >= 11 is 0. The molecule has 46 heavy (non-hydrogen) atoms. The third kappa shape index (κ3) is 5.19. The van der Waals surface area contributed by atoms with E-state index in [0.717, 1.165) is 31.4 Å². The topological polar surface area (TPSA) is 7.76 Å². The quantitative estimate of drug-likeness (QED) is 0.140. The van der Waals surface area contributed by atoms with E-state index in [1.165, 1.54) is 67.0 Å². The van der Waals surface area contributed by atoms with Gasteiger partial charge in [-0.1, -0.05) is 86.7 Å². The lowest BCUT2D eigenvalue weighted by Crippen LogP contribution is -2.54. The normalized spacial score (nSPS) is 17.3. The van der Waals surface area contributed by atoms with E-state index in [0.29, 0.717) is 5.92 Å². The molecule has 3 aromatic carbocycles. The van der Waals surface area contributed by atoms with E-state index in [9.17, 15) is 0 Å². The summed E-state index contributed by atoms with van der Waals surface area (Å²) in [5.41, 5.74) is 17.4. The number of fused-ring (bicyclic) bond motifs is 9. The van der Waals surface area contributed by atoms with Crippen LogP contribution in [-0.2, 0) is 12.8 Å². The zero-order valence-corrected chi connectivity index (χ0v) is 29.7. The molecule has 0 aliphatic carbocycles. The molecule has 3 heteroatoms. The molecule has 4 heterocycles. The van der Waals surface area contributed by atoms with Gasteiger partial charge in [-0.15, -0.1) is 0 Å². The third-order valence-electron chi connectivity index (χ3n) is 10.6. The minimum atomic E-state index is -1.58. The molecule has 0 N–H and O–H groups in total. The van der Waals surface area contributed by atoms with Gasteiger partial charge in [-0.05, 0) is 92.1 Å². The molecule has 0 fully saturated rings. The first-order valence-electron chi connectivity index (χ1n) is 17.1. The number of allylic oxidation sites excluding steroid dienone is 1. The minimum absolute atomic E-state index is 0.287. The lowest BCUT2D eigenvalue weighted by molar-refractivity contribution is -0.719. The molecule has 7 rings (SSSR count). The molecule has 232 valence electrons. The maximum Gasteiger partial charge on any atom is 0.218 e. The van der Waals surface area contributed by atoms with Crippen LogP contribution in [0.1, 0.15) is 65.1 Å². The van der Waals surface area contributed by atoms with Gasteiger partial charge in [-0.25, -0.2) is 0 Å². The van der Waals surface area contributed by atoms with Crippen molar-refractivity contribution in [1.82, 2.24) is 0 Å². The van der Waals surface area contributed by atoms with Gasteiger partial charge in [0, 0.05) is 39.9 Å². The van der Waals surface area contributed by atoms with Crippen LogP contribution in [0.3, 0.4) is 0 Å². The first-order chi connectivity index (χ1) is 22.0. The van der Waals surface area contributed by atoms with Crippen molar-refractivity contribution in [2.24, 2.45) is 0 Å². The van der Waals surface area contributed by atoms with Crippen LogP contribution in [0.25, 0.3) is 39.3 Å². The van der Waals surface area contributed by atoms with Crippen LogP contribution < -0.4 is 14.3 Å². The molecule has 2 aromatic heterocycles. The Bertz CT molecular complexity index is 2010. The molecule has 0 spiro atoms. The zero-order chi connectivity index (χ0) is 32.3. The summed E-state index contributed by atoms with van der Waals surface area (Å²) in [4.78, 5) is 0. The number of nitrogens with zero attached hydrogens (tertiary/aromatic N) is 2. The van der Waals surface area contributed by atoms with E-state index < -0.39 is 8.07 Å². The number of pyridine rings is 2. The van der Waals surface area contributed by atoms with Crippen molar-refractivity contribution < 1.29 is 9.13 Å². The Morgan fingerprint density at radius 3 is 2.22 bits per heavy atom. The molecule has 0 amide bonds. The highest BCUT2D eigenvalue weighted by atomic mass is 28.3. The number of hydrogen-bond acceptors (Lipinski definition) is 0. The van der Waals surface area contributed by atoms with Crippen LogP contribution >= 0.6 is 0 Å². The fourth-order valence-electron chi connectivity index (χ4n) is 8.27. The monoisotopic (exact) mass is 620 g/mol. The lowest BCUT2D eigenvalue weighted by atomic mass is 9.77. The lowest BCUT2D eigenvalue weighted by Gasteiger charge is -2.33. The summed E-state index contributed by atoms with van der Waals surface area (Å²) in [6.45, 7) is 21.4. The number of aromatic nitrogens is 2. The van der Waals surface area contributed by atoms with Crippen molar-refractivity contribution in [3.05, 3.63) is 131 Å². The SMILES string of the molecule is C=C1CC2C(CCc3ccccc3-c3cc(C)c(-c4ccc(C)cc4C)c[n+]31)c1ccccc1-c1cc(CC)c([Si](C)(C)C)c[n+]12. The molecule has 2 unspecified atom stereocenters. The molecule has 0 saturated heterocycles. The highest BCUT2D eigenvalue weighted by Crippen LogP contribution is 2.44. The van der Waals surface area contributed by atoms with E-state index in [1.807, 2.05) is 0 Å². The van der Waals surface area contributed by atoms with E-state index in [2.05, 4.69) is 148 Å². The fourth-order valence-corrected chi connectivity index (χ4v) is 10.0. The van der Waals surface area contributed by atoms with Crippen LogP contribution in [0.4, 0.5) is 0 Å². The van der Waals surface area contributed by atoms with Gasteiger partial charge in [0.15, 0.2) is 24.1 Å². The van der Waals surface area contributed by atoms with Crippen molar-refractivity contribution in [3.63, 3.8) is 0 Å². The number of hydrogen-bond donors (Lipinski definition) is 0. The van der Waals surface area contributed by atoms with E-state index in [-0.39, 0.29) is 6.04 Å². The Kier molecular flexibility index (Phi) is 7.72. The molecule has 0 saturated carbocycles. The summed E-state index contributed by atoms with van der Waals surface area (Å²) in [6, 6.07) is 30.3. The van der Waals surface area contributed by atoms with E-state index in [1.54, 1.807) is 5.19 Å². The van der Waals surface area contributed by atoms with Crippen molar-refractivity contribution in [2.45, 2.75) is 85.0 Å². The average molecular weight is 621 g/mol. The van der Waals surface area contributed by atoms with Gasteiger partial charge < -0.3 is 0 Å². The maximum absolute atomic E-state index is 4.89. The third-order valence-corrected chi connectivity index (χ3v) is 12.7. The molecular formula is C43H48N2Si+2. The summed E-state index contributed by atoms with van der Waals surface area (Å²) < 4.78 is 5.11. The highest BCUT2D eigenvalue weighted by Gasteiger charge is 2.43. The predicted molar refractivity (Wildman–Crippen MR) is 196 cm³/mol. The predicted octanol–water partition coefficient (Wildman–Crippen LogP) is 9.44. The highest BCUT2D eigenvalue weighted by molar-refractivity contribution is 6.89. The molecule has 2 aliphatic heterocycles. The first-order valence-corrected chi connectivity index (χ1v) is 20.6. The Balaban J connectivity index is 1.46. The summed E-state index contributed by atoms with van der Waals surface area (Å²) in [5.74, 6) is 0.395. The van der Waals surface area contributed by atoms with Gasteiger partial charge in [0.1, 0.15) is 0 Å².